The summed E-state index contributed by atoms with van der Waals surface area (Å²) in [5, 5.41) is 9.92. The standard InChI is InChI=1S/C14H12F3N5O2S2/c15-14(16,17)9-5-10(23)19-7-3-1-2-4-8(7)22(9)11(24)6-25-13-21-20-12(18)26-13/h1-4,9H,5-6H2,(H2,18,20)(H,19,23)/t9-/m1/s1. The summed E-state index contributed by atoms with van der Waals surface area (Å²) in [6, 6.07) is 3.63. The molecule has 0 radical (unpaired) electrons. The van der Waals surface area contributed by atoms with E-state index in [0.29, 0.717) is 9.24 Å². The van der Waals surface area contributed by atoms with Gasteiger partial charge in [0.2, 0.25) is 16.9 Å². The largest absolute Gasteiger partial charge is 0.409 e. The van der Waals surface area contributed by atoms with Crippen molar-refractivity contribution in [3.05, 3.63) is 24.3 Å². The molecule has 0 bridgehead atoms. The maximum absolute atomic E-state index is 13.5. The highest BCUT2D eigenvalue weighted by Crippen LogP contribution is 2.38. The molecule has 26 heavy (non-hydrogen) atoms. The van der Waals surface area contributed by atoms with Gasteiger partial charge in [0.15, 0.2) is 4.34 Å². The zero-order valence-corrected chi connectivity index (χ0v) is 14.6. The van der Waals surface area contributed by atoms with Crippen molar-refractivity contribution >= 4 is 51.4 Å². The van der Waals surface area contributed by atoms with Crippen molar-refractivity contribution in [2.75, 3.05) is 21.7 Å². The molecular formula is C14H12F3N5O2S2. The number of thioether (sulfide) groups is 1. The average molecular weight is 403 g/mol. The van der Waals surface area contributed by atoms with E-state index in [4.69, 9.17) is 5.73 Å². The van der Waals surface area contributed by atoms with Gasteiger partial charge in [-0.15, -0.1) is 10.2 Å². The normalized spacial score (nSPS) is 17.4. The second-order valence-corrected chi connectivity index (χ2v) is 7.52. The molecule has 0 saturated heterocycles. The number of para-hydroxylation sites is 2. The number of halogens is 3. The number of hydrogen-bond acceptors (Lipinski definition) is 7. The molecule has 1 aromatic heterocycles. The van der Waals surface area contributed by atoms with Crippen molar-refractivity contribution in [2.45, 2.75) is 23.0 Å². The fourth-order valence-electron chi connectivity index (χ4n) is 2.47. The molecule has 3 N–H and O–H groups in total. The Morgan fingerprint density at radius 2 is 2.12 bits per heavy atom. The van der Waals surface area contributed by atoms with E-state index in [2.05, 4.69) is 15.5 Å². The van der Waals surface area contributed by atoms with Crippen molar-refractivity contribution in [3.63, 3.8) is 0 Å². The first-order valence-corrected chi connectivity index (χ1v) is 9.05. The van der Waals surface area contributed by atoms with Crippen molar-refractivity contribution in [1.82, 2.24) is 10.2 Å². The lowest BCUT2D eigenvalue weighted by atomic mass is 10.1. The molecule has 3 rings (SSSR count). The second-order valence-electron chi connectivity index (χ2n) is 5.29. The number of aromatic nitrogens is 2. The highest BCUT2D eigenvalue weighted by Gasteiger charge is 2.48. The topological polar surface area (TPSA) is 101 Å². The van der Waals surface area contributed by atoms with Crippen molar-refractivity contribution in [3.8, 4) is 0 Å². The molecule has 1 atom stereocenters. The first-order chi connectivity index (χ1) is 12.3. The number of fused-ring (bicyclic) bond motifs is 1. The maximum Gasteiger partial charge on any atom is 0.409 e. The SMILES string of the molecule is Nc1nnc(SCC(=O)N2c3ccccc3NC(=O)C[C@@H]2C(F)(F)F)s1. The Morgan fingerprint density at radius 1 is 1.38 bits per heavy atom. The van der Waals surface area contributed by atoms with Gasteiger partial charge in [-0.2, -0.15) is 13.2 Å². The first-order valence-electron chi connectivity index (χ1n) is 7.25. The summed E-state index contributed by atoms with van der Waals surface area (Å²) in [6.07, 6.45) is -5.64. The zero-order chi connectivity index (χ0) is 18.9. The van der Waals surface area contributed by atoms with E-state index in [-0.39, 0.29) is 22.3 Å². The molecule has 0 aliphatic carbocycles. The molecule has 7 nitrogen and oxygen atoms in total. The quantitative estimate of drug-likeness (QED) is 0.764. The van der Waals surface area contributed by atoms with Gasteiger partial charge in [0.1, 0.15) is 6.04 Å². The lowest BCUT2D eigenvalue weighted by molar-refractivity contribution is -0.157. The van der Waals surface area contributed by atoms with Crippen LogP contribution < -0.4 is 16.0 Å². The minimum atomic E-state index is -4.76. The number of nitrogens with two attached hydrogens (primary N) is 1. The average Bonchev–Trinajstić information content (AvgIpc) is 2.90. The summed E-state index contributed by atoms with van der Waals surface area (Å²) in [5.41, 5.74) is 5.61. The number of benzene rings is 1. The molecule has 12 heteroatoms. The van der Waals surface area contributed by atoms with Crippen molar-refractivity contribution in [1.29, 1.82) is 0 Å². The molecule has 2 heterocycles. The van der Waals surface area contributed by atoms with E-state index in [1.54, 1.807) is 6.07 Å². The van der Waals surface area contributed by atoms with Crippen LogP contribution in [0.5, 0.6) is 0 Å². The number of anilines is 3. The van der Waals surface area contributed by atoms with Crippen LogP contribution >= 0.6 is 23.1 Å². The Labute approximate surface area is 153 Å². The Balaban J connectivity index is 1.93. The molecule has 1 aromatic carbocycles. The molecule has 2 amide bonds. The number of nitrogen functional groups attached to an aromatic ring is 1. The third kappa shape index (κ3) is 3.90. The van der Waals surface area contributed by atoms with Gasteiger partial charge >= 0.3 is 6.18 Å². The van der Waals surface area contributed by atoms with E-state index in [0.717, 1.165) is 23.1 Å². The molecule has 0 saturated carbocycles. The summed E-state index contributed by atoms with van der Waals surface area (Å²) >= 11 is 1.97. The van der Waals surface area contributed by atoms with Crippen LogP contribution in [0.4, 0.5) is 29.7 Å². The van der Waals surface area contributed by atoms with Gasteiger partial charge in [0.05, 0.1) is 23.5 Å². The third-order valence-electron chi connectivity index (χ3n) is 3.52. The second kappa shape index (κ2) is 7.11. The van der Waals surface area contributed by atoms with E-state index in [1.165, 1.54) is 18.2 Å². The molecule has 1 aliphatic rings. The number of carbonyl (C=O) groups excluding carboxylic acids is 2. The summed E-state index contributed by atoms with van der Waals surface area (Å²) < 4.78 is 41.0. The Kier molecular flexibility index (Phi) is 5.05. The summed E-state index contributed by atoms with van der Waals surface area (Å²) in [4.78, 5) is 25.1. The zero-order valence-electron chi connectivity index (χ0n) is 13.0. The molecule has 138 valence electrons. The number of rotatable bonds is 3. The van der Waals surface area contributed by atoms with Gasteiger partial charge in [-0.05, 0) is 12.1 Å². The molecule has 0 spiro atoms. The lowest BCUT2D eigenvalue weighted by Gasteiger charge is -2.31. The summed E-state index contributed by atoms with van der Waals surface area (Å²) in [6.45, 7) is 0. The van der Waals surface area contributed by atoms with Crippen LogP contribution in [-0.2, 0) is 9.59 Å². The summed E-state index contributed by atoms with van der Waals surface area (Å²) in [7, 11) is 0. The Morgan fingerprint density at radius 3 is 2.77 bits per heavy atom. The molecule has 1 aliphatic heterocycles. The lowest BCUT2D eigenvalue weighted by Crippen LogP contribution is -2.50. The fourth-order valence-corrected chi connectivity index (χ4v) is 3.96. The predicted octanol–water partition coefficient (Wildman–Crippen LogP) is 2.52. The highest BCUT2D eigenvalue weighted by molar-refractivity contribution is 8.01. The summed E-state index contributed by atoms with van der Waals surface area (Å²) in [5.74, 6) is -1.90. The van der Waals surface area contributed by atoms with Crippen LogP contribution in [0.3, 0.4) is 0 Å². The highest BCUT2D eigenvalue weighted by atomic mass is 32.2. The first kappa shape index (κ1) is 18.5. The van der Waals surface area contributed by atoms with Crippen molar-refractivity contribution in [2.24, 2.45) is 0 Å². The van der Waals surface area contributed by atoms with Gasteiger partial charge in [-0.25, -0.2) is 0 Å². The van der Waals surface area contributed by atoms with Crippen LogP contribution in [0.25, 0.3) is 0 Å². The van der Waals surface area contributed by atoms with Gasteiger partial charge in [0, 0.05) is 0 Å². The van der Waals surface area contributed by atoms with Crippen LogP contribution in [-0.4, -0.2) is 40.0 Å². The molecule has 2 aromatic rings. The Hall–Kier alpha value is -2.34. The Bertz CT molecular complexity index is 842. The van der Waals surface area contributed by atoms with Crippen LogP contribution in [0, 0.1) is 0 Å². The fraction of sp³-hybridized carbons (Fsp3) is 0.286. The number of nitrogens with zero attached hydrogens (tertiary/aromatic N) is 3. The number of nitrogens with one attached hydrogen (secondary N) is 1. The van der Waals surface area contributed by atoms with Gasteiger partial charge in [-0.3, -0.25) is 14.5 Å². The monoisotopic (exact) mass is 403 g/mol. The number of amides is 2. The van der Waals surface area contributed by atoms with Crippen LogP contribution in [0.1, 0.15) is 6.42 Å². The predicted molar refractivity (Wildman–Crippen MR) is 92.1 cm³/mol. The van der Waals surface area contributed by atoms with Crippen LogP contribution in [0.15, 0.2) is 28.6 Å². The van der Waals surface area contributed by atoms with E-state index < -0.39 is 30.5 Å². The van der Waals surface area contributed by atoms with Gasteiger partial charge in [0.25, 0.3) is 0 Å². The number of carbonyl (C=O) groups is 2. The number of hydrogen-bond donors (Lipinski definition) is 2. The van der Waals surface area contributed by atoms with E-state index in [1.807, 2.05) is 0 Å². The number of alkyl halides is 3. The van der Waals surface area contributed by atoms with Gasteiger partial charge in [-0.1, -0.05) is 35.2 Å². The van der Waals surface area contributed by atoms with Crippen molar-refractivity contribution < 1.29 is 22.8 Å². The van der Waals surface area contributed by atoms with E-state index >= 15 is 0 Å². The smallest absolute Gasteiger partial charge is 0.374 e. The van der Waals surface area contributed by atoms with Gasteiger partial charge < -0.3 is 11.1 Å². The third-order valence-corrected chi connectivity index (χ3v) is 5.39. The molecular weight excluding hydrogens is 391 g/mol. The molecule has 0 fully saturated rings. The van der Waals surface area contributed by atoms with Crippen LogP contribution in [0.2, 0.25) is 0 Å². The maximum atomic E-state index is 13.5. The molecule has 0 unspecified atom stereocenters. The minimum Gasteiger partial charge on any atom is -0.374 e. The van der Waals surface area contributed by atoms with E-state index in [9.17, 15) is 22.8 Å². The minimum absolute atomic E-state index is 0.00283.